The van der Waals surface area contributed by atoms with Gasteiger partial charge in [0.2, 0.25) is 0 Å². The second-order valence-corrected chi connectivity index (χ2v) is 6.64. The van der Waals surface area contributed by atoms with Crippen LogP contribution in [0.5, 0.6) is 0 Å². The van der Waals surface area contributed by atoms with Crippen LogP contribution in [-0.4, -0.2) is 24.1 Å². The maximum Gasteiger partial charge on any atom is 0.334 e. The second-order valence-electron chi connectivity index (χ2n) is 6.64. The third kappa shape index (κ3) is 4.05. The monoisotopic (exact) mass is 330 g/mol. The predicted octanol–water partition coefficient (Wildman–Crippen LogP) is 4.04. The van der Waals surface area contributed by atoms with Gasteiger partial charge in [0.15, 0.2) is 0 Å². The maximum atomic E-state index is 12.3. The van der Waals surface area contributed by atoms with Crippen LogP contribution in [0.4, 0.5) is 0 Å². The number of hydrogen-bond donors (Lipinski definition) is 0. The molecule has 1 heterocycles. The van der Waals surface area contributed by atoms with Crippen LogP contribution in [0.15, 0.2) is 47.1 Å². The molecule has 1 aliphatic carbocycles. The molecule has 2 rings (SSSR count). The zero-order valence-corrected chi connectivity index (χ0v) is 14.9. The van der Waals surface area contributed by atoms with Crippen LogP contribution >= 0.6 is 0 Å². The average Bonchev–Trinajstić information content (AvgIpc) is 2.79. The lowest BCUT2D eigenvalue weighted by molar-refractivity contribution is -0.145. The van der Waals surface area contributed by atoms with E-state index in [-0.39, 0.29) is 18.0 Å². The Morgan fingerprint density at radius 2 is 2.08 bits per heavy atom. The molecule has 130 valence electrons. The van der Waals surface area contributed by atoms with Gasteiger partial charge in [-0.15, -0.1) is 0 Å². The van der Waals surface area contributed by atoms with Crippen LogP contribution in [0.25, 0.3) is 0 Å². The van der Waals surface area contributed by atoms with Gasteiger partial charge < -0.3 is 9.47 Å². The lowest BCUT2D eigenvalue weighted by atomic mass is 9.85. The van der Waals surface area contributed by atoms with Gasteiger partial charge in [0.05, 0.1) is 5.92 Å². The van der Waals surface area contributed by atoms with Gasteiger partial charge in [-0.05, 0) is 46.6 Å². The third-order valence-electron chi connectivity index (χ3n) is 4.68. The molecule has 0 amide bonds. The molecule has 2 aliphatic rings. The molecule has 1 aliphatic heterocycles. The van der Waals surface area contributed by atoms with Crippen LogP contribution in [0, 0.1) is 5.92 Å². The van der Waals surface area contributed by atoms with E-state index >= 15 is 0 Å². The minimum absolute atomic E-state index is 0.341. The molecule has 0 radical (unpaired) electrons. The number of ether oxygens (including phenoxy) is 2. The van der Waals surface area contributed by atoms with Crippen molar-refractivity contribution in [2.45, 2.75) is 59.2 Å². The topological polar surface area (TPSA) is 52.6 Å². The molecule has 4 nitrogen and oxygen atoms in total. The molecule has 24 heavy (non-hydrogen) atoms. The van der Waals surface area contributed by atoms with Gasteiger partial charge in [-0.25, -0.2) is 9.59 Å². The highest BCUT2D eigenvalue weighted by molar-refractivity contribution is 5.91. The fraction of sp³-hybridized carbons (Fsp3) is 0.500. The van der Waals surface area contributed by atoms with Gasteiger partial charge in [-0.2, -0.15) is 0 Å². The Kier molecular flexibility index (Phi) is 5.81. The van der Waals surface area contributed by atoms with Gasteiger partial charge in [0, 0.05) is 17.6 Å². The number of fused-ring (bicyclic) bond motifs is 1. The molecule has 0 saturated carbocycles. The summed E-state index contributed by atoms with van der Waals surface area (Å²) in [4.78, 5) is 24.3. The van der Waals surface area contributed by atoms with Crippen LogP contribution < -0.4 is 0 Å². The molecular weight excluding hydrogens is 304 g/mol. The molecule has 0 bridgehead atoms. The van der Waals surface area contributed by atoms with E-state index in [1.54, 1.807) is 19.9 Å². The van der Waals surface area contributed by atoms with E-state index in [0.717, 1.165) is 18.4 Å². The summed E-state index contributed by atoms with van der Waals surface area (Å²) in [6, 6.07) is 0. The lowest BCUT2D eigenvalue weighted by Gasteiger charge is -2.26. The summed E-state index contributed by atoms with van der Waals surface area (Å²) < 4.78 is 11.2. The highest BCUT2D eigenvalue weighted by Gasteiger charge is 2.44. The van der Waals surface area contributed by atoms with E-state index in [2.05, 4.69) is 12.7 Å². The van der Waals surface area contributed by atoms with Crippen molar-refractivity contribution in [3.63, 3.8) is 0 Å². The minimum atomic E-state index is -0.540. The van der Waals surface area contributed by atoms with Crippen molar-refractivity contribution in [2.24, 2.45) is 5.92 Å². The molecule has 0 aromatic rings. The molecular formula is C20H26O4. The molecule has 0 unspecified atom stereocenters. The number of allylic oxidation sites excluding steroid dienone is 3. The Morgan fingerprint density at radius 1 is 1.38 bits per heavy atom. The molecule has 4 heteroatoms. The first-order valence-corrected chi connectivity index (χ1v) is 8.40. The first-order valence-electron chi connectivity index (χ1n) is 8.40. The van der Waals surface area contributed by atoms with Crippen molar-refractivity contribution >= 4 is 11.9 Å². The van der Waals surface area contributed by atoms with Gasteiger partial charge in [-0.3, -0.25) is 0 Å². The highest BCUT2D eigenvalue weighted by Crippen LogP contribution is 2.36. The number of carbonyl (C=O) groups excluding carboxylic acids is 2. The van der Waals surface area contributed by atoms with Crippen molar-refractivity contribution in [2.75, 3.05) is 0 Å². The Balaban J connectivity index is 2.38. The summed E-state index contributed by atoms with van der Waals surface area (Å²) in [7, 11) is 0. The summed E-state index contributed by atoms with van der Waals surface area (Å²) in [5.41, 5.74) is 3.23. The number of carbonyl (C=O) groups is 2. The summed E-state index contributed by atoms with van der Waals surface area (Å²) in [6.45, 7) is 11.5. The van der Waals surface area contributed by atoms with Crippen molar-refractivity contribution in [3.05, 3.63) is 47.1 Å². The van der Waals surface area contributed by atoms with E-state index < -0.39 is 12.1 Å². The number of rotatable bonds is 2. The zero-order chi connectivity index (χ0) is 17.9. The Morgan fingerprint density at radius 3 is 2.75 bits per heavy atom. The van der Waals surface area contributed by atoms with Crippen molar-refractivity contribution < 1.29 is 19.1 Å². The van der Waals surface area contributed by atoms with Gasteiger partial charge >= 0.3 is 11.9 Å². The van der Waals surface area contributed by atoms with E-state index in [0.29, 0.717) is 17.6 Å². The van der Waals surface area contributed by atoms with Gasteiger partial charge in [0.1, 0.15) is 12.2 Å². The third-order valence-corrected chi connectivity index (χ3v) is 4.68. The van der Waals surface area contributed by atoms with E-state index in [9.17, 15) is 9.59 Å². The summed E-state index contributed by atoms with van der Waals surface area (Å²) in [5.74, 6) is -1.11. The summed E-state index contributed by atoms with van der Waals surface area (Å²) in [5, 5.41) is 0. The SMILES string of the molecule is C=C1C(=O)O[C@H]2C/C(C)=C/CC/C(C)=C\[C@@H](OC(=O)/C(C)=C\C)[C@H]12. The van der Waals surface area contributed by atoms with E-state index in [1.807, 2.05) is 19.9 Å². The largest absolute Gasteiger partial charge is 0.458 e. The second kappa shape index (κ2) is 7.65. The van der Waals surface area contributed by atoms with Crippen LogP contribution in [0.2, 0.25) is 0 Å². The highest BCUT2D eigenvalue weighted by atomic mass is 16.6. The smallest absolute Gasteiger partial charge is 0.334 e. The van der Waals surface area contributed by atoms with Gasteiger partial charge in [-0.1, -0.05) is 29.9 Å². The molecule has 0 aromatic carbocycles. The van der Waals surface area contributed by atoms with Crippen molar-refractivity contribution in [1.82, 2.24) is 0 Å². The standard InChI is InChI=1S/C20H26O4/c1-6-14(4)19(21)23-16-10-12(2)8-7-9-13(3)11-17-18(16)15(5)20(22)24-17/h6,9-10,16-18H,5,7-8,11H2,1-4H3/b12-10-,13-9+,14-6-/t16-,17+,18+/m1/s1. The predicted molar refractivity (Wildman–Crippen MR) is 93.2 cm³/mol. The fourth-order valence-electron chi connectivity index (χ4n) is 3.08. The van der Waals surface area contributed by atoms with Crippen LogP contribution in [0.1, 0.15) is 47.0 Å². The van der Waals surface area contributed by atoms with E-state index in [1.165, 1.54) is 5.57 Å². The van der Waals surface area contributed by atoms with E-state index in [4.69, 9.17) is 9.47 Å². The first-order chi connectivity index (χ1) is 11.3. The van der Waals surface area contributed by atoms with Gasteiger partial charge in [0.25, 0.3) is 0 Å². The zero-order valence-electron chi connectivity index (χ0n) is 14.9. The fourth-order valence-corrected chi connectivity index (χ4v) is 3.08. The molecule has 0 spiro atoms. The normalized spacial score (nSPS) is 32.8. The Labute approximate surface area is 143 Å². The summed E-state index contributed by atoms with van der Waals surface area (Å²) in [6.07, 6.45) is 7.42. The number of hydrogen-bond acceptors (Lipinski definition) is 4. The molecule has 1 fully saturated rings. The van der Waals surface area contributed by atoms with Crippen LogP contribution in [0.3, 0.4) is 0 Å². The van der Waals surface area contributed by atoms with Crippen molar-refractivity contribution in [3.8, 4) is 0 Å². The molecule has 1 saturated heterocycles. The van der Waals surface area contributed by atoms with Crippen molar-refractivity contribution in [1.29, 1.82) is 0 Å². The maximum absolute atomic E-state index is 12.3. The molecule has 0 N–H and O–H groups in total. The minimum Gasteiger partial charge on any atom is -0.458 e. The number of esters is 2. The average molecular weight is 330 g/mol. The summed E-state index contributed by atoms with van der Waals surface area (Å²) >= 11 is 0. The first kappa shape index (κ1) is 18.2. The Bertz CT molecular complexity index is 636. The lowest BCUT2D eigenvalue weighted by Crippen LogP contribution is -2.33. The quantitative estimate of drug-likeness (QED) is 0.436. The molecule has 3 atom stereocenters. The Hall–Kier alpha value is -2.10. The molecule has 0 aromatic heterocycles. The van der Waals surface area contributed by atoms with Crippen LogP contribution in [-0.2, 0) is 19.1 Å².